The molecule has 0 aliphatic rings. The Kier molecular flexibility index (Phi) is 13.7. The third kappa shape index (κ3) is 14.7. The highest BCUT2D eigenvalue weighted by atomic mass is 16.7. The number of nitrogens with one attached hydrogen (secondary N) is 2. The molecule has 0 rings (SSSR count). The third-order valence-corrected chi connectivity index (χ3v) is 4.68. The van der Waals surface area contributed by atoms with Crippen LogP contribution in [0.2, 0.25) is 0 Å². The second-order valence-electron chi connectivity index (χ2n) is 9.85. The quantitative estimate of drug-likeness (QED) is 0.157. The Morgan fingerprint density at radius 2 is 1.29 bits per heavy atom. The third-order valence-electron chi connectivity index (χ3n) is 4.68. The zero-order valence-corrected chi connectivity index (χ0v) is 22.3. The van der Waals surface area contributed by atoms with Crippen molar-refractivity contribution in [3.63, 3.8) is 0 Å². The molecule has 2 atom stereocenters. The number of carbonyl (C=O) groups is 4. The molecule has 200 valence electrons. The van der Waals surface area contributed by atoms with Crippen molar-refractivity contribution in [1.82, 2.24) is 10.6 Å². The van der Waals surface area contributed by atoms with Gasteiger partial charge in [0.05, 0.1) is 6.10 Å². The van der Waals surface area contributed by atoms with Gasteiger partial charge in [0.2, 0.25) is 0 Å². The highest BCUT2D eigenvalue weighted by Crippen LogP contribution is 2.26. The molecule has 2 N–H and O–H groups in total. The van der Waals surface area contributed by atoms with Gasteiger partial charge >= 0.3 is 24.1 Å². The molecule has 0 aliphatic carbocycles. The van der Waals surface area contributed by atoms with Gasteiger partial charge in [-0.3, -0.25) is 0 Å². The summed E-state index contributed by atoms with van der Waals surface area (Å²) in [6, 6.07) is 0. The van der Waals surface area contributed by atoms with E-state index in [0.29, 0.717) is 13.1 Å². The van der Waals surface area contributed by atoms with E-state index in [1.807, 2.05) is 13.8 Å². The van der Waals surface area contributed by atoms with Gasteiger partial charge in [-0.2, -0.15) is 0 Å². The van der Waals surface area contributed by atoms with Gasteiger partial charge in [0.1, 0.15) is 0 Å². The van der Waals surface area contributed by atoms with Crippen LogP contribution in [0.3, 0.4) is 0 Å². The van der Waals surface area contributed by atoms with E-state index in [2.05, 4.69) is 30.7 Å². The van der Waals surface area contributed by atoms with E-state index in [0.717, 1.165) is 12.8 Å². The summed E-state index contributed by atoms with van der Waals surface area (Å²) >= 11 is 0. The summed E-state index contributed by atoms with van der Waals surface area (Å²) in [5, 5.41) is 5.42. The zero-order chi connectivity index (χ0) is 27.3. The maximum Gasteiger partial charge on any atom is 0.407 e. The van der Waals surface area contributed by atoms with E-state index in [4.69, 9.17) is 18.9 Å². The first kappa shape index (κ1) is 32.0. The molecule has 0 radical (unpaired) electrons. The lowest BCUT2D eigenvalue weighted by Gasteiger charge is -2.29. The van der Waals surface area contributed by atoms with Gasteiger partial charge < -0.3 is 29.6 Å². The summed E-state index contributed by atoms with van der Waals surface area (Å²) in [5.74, 6) is -1.31. The van der Waals surface area contributed by atoms with Gasteiger partial charge in [0.25, 0.3) is 6.29 Å². The Hall–Kier alpha value is -3.04. The van der Waals surface area contributed by atoms with Crippen LogP contribution in [0.1, 0.15) is 68.2 Å². The molecule has 0 fully saturated rings. The Balaban J connectivity index is 4.73. The van der Waals surface area contributed by atoms with Crippen LogP contribution in [0.25, 0.3) is 0 Å². The molecule has 0 saturated carbocycles. The highest BCUT2D eigenvalue weighted by molar-refractivity contribution is 5.88. The average Bonchev–Trinajstić information content (AvgIpc) is 2.70. The molecule has 10 nitrogen and oxygen atoms in total. The summed E-state index contributed by atoms with van der Waals surface area (Å²) in [5.41, 5.74) is -0.0694. The van der Waals surface area contributed by atoms with Crippen LogP contribution in [0.4, 0.5) is 9.59 Å². The van der Waals surface area contributed by atoms with Gasteiger partial charge in [0, 0.05) is 24.2 Å². The Labute approximate surface area is 208 Å². The van der Waals surface area contributed by atoms with E-state index >= 15 is 0 Å². The molecular weight excluding hydrogens is 456 g/mol. The first-order chi connectivity index (χ1) is 16.0. The van der Waals surface area contributed by atoms with Crippen molar-refractivity contribution < 1.29 is 38.1 Å². The van der Waals surface area contributed by atoms with E-state index in [9.17, 15) is 19.2 Å². The summed E-state index contributed by atoms with van der Waals surface area (Å²) in [4.78, 5) is 47.7. The predicted octanol–water partition coefficient (Wildman–Crippen LogP) is 4.24. The second kappa shape index (κ2) is 15.1. The number of ether oxygens (including phenoxy) is 4. The minimum Gasteiger partial charge on any atom is -0.447 e. The van der Waals surface area contributed by atoms with Crippen LogP contribution in [0.15, 0.2) is 24.3 Å². The van der Waals surface area contributed by atoms with Crippen LogP contribution in [-0.2, 0) is 28.5 Å². The number of alkyl carbamates (subject to hydrolysis) is 2. The fourth-order valence-electron chi connectivity index (χ4n) is 3.00. The van der Waals surface area contributed by atoms with Crippen molar-refractivity contribution in [3.05, 3.63) is 24.3 Å². The minimum atomic E-state index is -1.46. The number of amides is 2. The van der Waals surface area contributed by atoms with Crippen LogP contribution in [0.5, 0.6) is 0 Å². The number of hydrogen-bond donors (Lipinski definition) is 2. The number of esters is 2. The Bertz CT molecular complexity index is 747. The van der Waals surface area contributed by atoms with E-state index in [1.165, 1.54) is 20.8 Å². The van der Waals surface area contributed by atoms with Crippen LogP contribution < -0.4 is 10.6 Å². The molecule has 2 amide bonds. The van der Waals surface area contributed by atoms with Crippen molar-refractivity contribution in [1.29, 1.82) is 0 Å². The van der Waals surface area contributed by atoms with Gasteiger partial charge in [-0.1, -0.05) is 33.9 Å². The summed E-state index contributed by atoms with van der Waals surface area (Å²) < 4.78 is 20.5. The molecule has 0 saturated heterocycles. The summed E-state index contributed by atoms with van der Waals surface area (Å²) in [6.07, 6.45) is -2.38. The Morgan fingerprint density at radius 1 is 0.800 bits per heavy atom. The molecule has 0 bridgehead atoms. The lowest BCUT2D eigenvalue weighted by Crippen LogP contribution is -2.41. The van der Waals surface area contributed by atoms with E-state index < -0.39 is 36.5 Å². The molecule has 2 unspecified atom stereocenters. The molecule has 0 aromatic carbocycles. The fourth-order valence-corrected chi connectivity index (χ4v) is 3.00. The minimum absolute atomic E-state index is 0.0981. The first-order valence-corrected chi connectivity index (χ1v) is 11.7. The molecule has 35 heavy (non-hydrogen) atoms. The number of hydrogen-bond acceptors (Lipinski definition) is 8. The maximum absolute atomic E-state index is 12.4. The normalized spacial score (nSPS) is 12.9. The SMILES string of the molecule is C=C(C)C(=O)OC(OC(=O)C(=C)C)C(C)OC(=O)NCC(C)(C)CC(C)CCNC(=O)OC(C)C. The summed E-state index contributed by atoms with van der Waals surface area (Å²) in [6.45, 7) is 21.7. The molecule has 0 heterocycles. The standard InChI is InChI=1S/C25H42N2O8/c1-15(2)20(28)34-22(35-21(29)16(3)4)19(8)33-24(31)27-14-25(9,10)13-18(7)11-12-26-23(30)32-17(5)6/h17-19,22H,1,3,11-14H2,2,4-10H3,(H,26,30)(H,27,31). The fraction of sp³-hybridized carbons (Fsp3) is 0.680. The van der Waals surface area contributed by atoms with Crippen molar-refractivity contribution in [2.24, 2.45) is 11.3 Å². The maximum atomic E-state index is 12.4. The summed E-state index contributed by atoms with van der Waals surface area (Å²) in [7, 11) is 0. The molecule has 0 aliphatic heterocycles. The molecular formula is C25H42N2O8. The molecule has 0 aromatic heterocycles. The molecule has 10 heteroatoms. The highest BCUT2D eigenvalue weighted by Gasteiger charge is 2.30. The van der Waals surface area contributed by atoms with Crippen molar-refractivity contribution in [2.75, 3.05) is 13.1 Å². The zero-order valence-electron chi connectivity index (χ0n) is 22.3. The van der Waals surface area contributed by atoms with Gasteiger partial charge in [0.15, 0.2) is 6.10 Å². The van der Waals surface area contributed by atoms with Crippen LogP contribution >= 0.6 is 0 Å². The second-order valence-corrected chi connectivity index (χ2v) is 9.85. The first-order valence-electron chi connectivity index (χ1n) is 11.7. The average molecular weight is 499 g/mol. The lowest BCUT2D eigenvalue weighted by molar-refractivity contribution is -0.199. The lowest BCUT2D eigenvalue weighted by atomic mass is 9.82. The predicted molar refractivity (Wildman–Crippen MR) is 131 cm³/mol. The Morgan fingerprint density at radius 3 is 1.74 bits per heavy atom. The van der Waals surface area contributed by atoms with E-state index in [1.54, 1.807) is 13.8 Å². The number of rotatable bonds is 14. The van der Waals surface area contributed by atoms with Gasteiger partial charge in [-0.15, -0.1) is 0 Å². The van der Waals surface area contributed by atoms with Crippen LogP contribution in [0, 0.1) is 11.3 Å². The van der Waals surface area contributed by atoms with Gasteiger partial charge in [-0.05, 0) is 58.8 Å². The molecule has 0 aromatic rings. The van der Waals surface area contributed by atoms with Gasteiger partial charge in [-0.25, -0.2) is 19.2 Å². The topological polar surface area (TPSA) is 129 Å². The van der Waals surface area contributed by atoms with Crippen molar-refractivity contribution in [2.45, 2.75) is 86.7 Å². The van der Waals surface area contributed by atoms with E-state index in [-0.39, 0.29) is 28.6 Å². The monoisotopic (exact) mass is 498 g/mol. The number of carbonyl (C=O) groups excluding carboxylic acids is 4. The largest absolute Gasteiger partial charge is 0.447 e. The van der Waals surface area contributed by atoms with Crippen molar-refractivity contribution in [3.8, 4) is 0 Å². The van der Waals surface area contributed by atoms with Crippen LogP contribution in [-0.4, -0.2) is 55.7 Å². The van der Waals surface area contributed by atoms with Crippen molar-refractivity contribution >= 4 is 24.1 Å². The smallest absolute Gasteiger partial charge is 0.407 e. The molecule has 0 spiro atoms.